The molecule has 1 saturated carbocycles. The van der Waals surface area contributed by atoms with E-state index in [1.165, 1.54) is 12.5 Å². The Morgan fingerprint density at radius 2 is 1.60 bits per heavy atom. The van der Waals surface area contributed by atoms with E-state index in [1.54, 1.807) is 36.4 Å². The number of nitrogens with zero attached hydrogens (tertiary/aromatic N) is 3. The van der Waals surface area contributed by atoms with Crippen molar-refractivity contribution in [2.75, 3.05) is 39.3 Å². The van der Waals surface area contributed by atoms with Crippen LogP contribution in [0.1, 0.15) is 74.2 Å². The van der Waals surface area contributed by atoms with Crippen LogP contribution in [0, 0.1) is 5.92 Å². The first-order valence-electron chi connectivity index (χ1n) is 15.5. The maximum Gasteiger partial charge on any atom is 0.573 e. The lowest BCUT2D eigenvalue weighted by molar-refractivity contribution is -0.274. The maximum atomic E-state index is 13.4. The number of unbranched alkanes of at least 4 members (excludes halogenated alkanes) is 1. The third kappa shape index (κ3) is 7.46. The summed E-state index contributed by atoms with van der Waals surface area (Å²) in [7, 11) is 0. The largest absolute Gasteiger partial charge is 0.573 e. The number of benzene rings is 2. The van der Waals surface area contributed by atoms with Gasteiger partial charge in [-0.05, 0) is 73.5 Å². The van der Waals surface area contributed by atoms with Crippen molar-refractivity contribution in [1.29, 1.82) is 0 Å². The second-order valence-electron chi connectivity index (χ2n) is 11.9. The third-order valence-corrected chi connectivity index (χ3v) is 9.08. The fraction of sp³-hybridized carbons (Fsp3) is 0.576. The molecule has 2 aliphatic heterocycles. The first-order valence-corrected chi connectivity index (χ1v) is 15.5. The molecule has 228 valence electrons. The predicted molar refractivity (Wildman–Crippen MR) is 156 cm³/mol. The molecular weight excluding hydrogens is 543 g/mol. The van der Waals surface area contributed by atoms with Crippen LogP contribution in [-0.2, 0) is 11.2 Å². The Kier molecular flexibility index (Phi) is 9.76. The van der Waals surface area contributed by atoms with E-state index in [-0.39, 0.29) is 35.9 Å². The number of hydrogen-bond acceptors (Lipinski definition) is 4. The molecule has 2 heterocycles. The monoisotopic (exact) mass is 585 g/mol. The average Bonchev–Trinajstić information content (AvgIpc) is 3.36. The Balaban J connectivity index is 1.26. The van der Waals surface area contributed by atoms with Crippen molar-refractivity contribution in [3.63, 3.8) is 0 Å². The standard InChI is InChI=1S/C33H42F3N3O3/c1-2-3-16-37-18-20-38(21-19-37)31(40)25-11-9-24(10-12-25)26-13-14-27(30(23-26)42-33(34,35)36)22-28-15-17-39(32(28)41)29-7-5-4-6-8-29/h9-14,23,28-29H,2-8,15-22H2,1H3. The van der Waals surface area contributed by atoms with E-state index < -0.39 is 6.36 Å². The summed E-state index contributed by atoms with van der Waals surface area (Å²) in [5.41, 5.74) is 2.19. The number of carbonyl (C=O) groups is 2. The minimum atomic E-state index is -4.85. The molecule has 0 radical (unpaired) electrons. The van der Waals surface area contributed by atoms with Gasteiger partial charge in [0, 0.05) is 50.2 Å². The van der Waals surface area contributed by atoms with Crippen LogP contribution in [0.3, 0.4) is 0 Å². The Labute approximate surface area is 246 Å². The van der Waals surface area contributed by atoms with Gasteiger partial charge >= 0.3 is 6.36 Å². The fourth-order valence-corrected chi connectivity index (χ4v) is 6.64. The third-order valence-electron chi connectivity index (χ3n) is 9.08. The average molecular weight is 586 g/mol. The molecule has 2 amide bonds. The minimum Gasteiger partial charge on any atom is -0.405 e. The van der Waals surface area contributed by atoms with Crippen LogP contribution in [0.15, 0.2) is 42.5 Å². The van der Waals surface area contributed by atoms with Gasteiger partial charge in [-0.25, -0.2) is 0 Å². The van der Waals surface area contributed by atoms with E-state index in [9.17, 15) is 22.8 Å². The zero-order valence-corrected chi connectivity index (χ0v) is 24.5. The van der Waals surface area contributed by atoms with Crippen molar-refractivity contribution in [3.8, 4) is 16.9 Å². The molecule has 6 nitrogen and oxygen atoms in total. The molecule has 5 rings (SSSR count). The summed E-state index contributed by atoms with van der Waals surface area (Å²) in [6.07, 6.45) is 3.77. The van der Waals surface area contributed by atoms with Gasteiger partial charge in [-0.1, -0.05) is 56.9 Å². The van der Waals surface area contributed by atoms with Crippen molar-refractivity contribution in [3.05, 3.63) is 53.6 Å². The highest BCUT2D eigenvalue weighted by atomic mass is 19.4. The van der Waals surface area contributed by atoms with Gasteiger partial charge in [0.2, 0.25) is 5.91 Å². The normalized spacial score (nSPS) is 20.8. The van der Waals surface area contributed by atoms with Crippen LogP contribution in [0.25, 0.3) is 11.1 Å². The molecule has 1 aliphatic carbocycles. The van der Waals surface area contributed by atoms with Crippen LogP contribution in [0.4, 0.5) is 13.2 Å². The topological polar surface area (TPSA) is 53.1 Å². The molecule has 0 N–H and O–H groups in total. The molecule has 9 heteroatoms. The zero-order chi connectivity index (χ0) is 29.7. The van der Waals surface area contributed by atoms with Gasteiger partial charge in [-0.2, -0.15) is 0 Å². The van der Waals surface area contributed by atoms with Gasteiger partial charge in [-0.3, -0.25) is 14.5 Å². The highest BCUT2D eigenvalue weighted by molar-refractivity contribution is 5.94. The number of halogens is 3. The number of carbonyl (C=O) groups excluding carboxylic acids is 2. The first kappa shape index (κ1) is 30.4. The molecule has 2 aromatic carbocycles. The molecule has 2 saturated heterocycles. The van der Waals surface area contributed by atoms with E-state index >= 15 is 0 Å². The van der Waals surface area contributed by atoms with Crippen LogP contribution < -0.4 is 4.74 Å². The van der Waals surface area contributed by atoms with Crippen LogP contribution in [0.5, 0.6) is 5.75 Å². The van der Waals surface area contributed by atoms with Gasteiger partial charge in [0.25, 0.3) is 5.91 Å². The molecule has 1 unspecified atom stereocenters. The number of ether oxygens (including phenoxy) is 1. The Bertz CT molecular complexity index is 1220. The molecule has 2 aromatic rings. The molecule has 1 atom stereocenters. The van der Waals surface area contributed by atoms with E-state index in [4.69, 9.17) is 0 Å². The number of alkyl halides is 3. The van der Waals surface area contributed by atoms with Gasteiger partial charge in [0.05, 0.1) is 0 Å². The van der Waals surface area contributed by atoms with Crippen molar-refractivity contribution < 1.29 is 27.5 Å². The highest BCUT2D eigenvalue weighted by Gasteiger charge is 2.38. The van der Waals surface area contributed by atoms with Crippen molar-refractivity contribution >= 4 is 11.8 Å². The molecule has 3 aliphatic rings. The number of hydrogen-bond donors (Lipinski definition) is 0. The number of likely N-dealkylation sites (tertiary alicyclic amines) is 1. The fourth-order valence-electron chi connectivity index (χ4n) is 6.64. The first-order chi connectivity index (χ1) is 20.2. The van der Waals surface area contributed by atoms with Crippen LogP contribution in [-0.4, -0.2) is 78.2 Å². The van der Waals surface area contributed by atoms with Gasteiger partial charge in [0.1, 0.15) is 5.75 Å². The van der Waals surface area contributed by atoms with Gasteiger partial charge < -0.3 is 14.5 Å². The van der Waals surface area contributed by atoms with E-state index in [1.807, 2.05) is 9.80 Å². The Hall–Kier alpha value is -3.07. The van der Waals surface area contributed by atoms with Gasteiger partial charge in [-0.15, -0.1) is 13.2 Å². The summed E-state index contributed by atoms with van der Waals surface area (Å²) in [5, 5.41) is 0. The van der Waals surface area contributed by atoms with Gasteiger partial charge in [0.15, 0.2) is 0 Å². The summed E-state index contributed by atoms with van der Waals surface area (Å²) in [6, 6.07) is 12.1. The molecule has 3 fully saturated rings. The molecule has 0 bridgehead atoms. The minimum absolute atomic E-state index is 0.0309. The van der Waals surface area contributed by atoms with Crippen molar-refractivity contribution in [1.82, 2.24) is 14.7 Å². The number of rotatable bonds is 9. The quantitative estimate of drug-likeness (QED) is 0.336. The predicted octanol–water partition coefficient (Wildman–Crippen LogP) is 6.53. The van der Waals surface area contributed by atoms with Crippen molar-refractivity contribution in [2.24, 2.45) is 5.92 Å². The SMILES string of the molecule is CCCCN1CCN(C(=O)c2ccc(-c3ccc(CC4CCN(C5CCCCC5)C4=O)c(OC(F)(F)F)c3)cc2)CC1. The zero-order valence-electron chi connectivity index (χ0n) is 24.5. The lowest BCUT2D eigenvalue weighted by atomic mass is 9.93. The van der Waals surface area contributed by atoms with E-state index in [2.05, 4.69) is 16.6 Å². The summed E-state index contributed by atoms with van der Waals surface area (Å²) >= 11 is 0. The summed E-state index contributed by atoms with van der Waals surface area (Å²) < 4.78 is 44.7. The molecule has 0 spiro atoms. The van der Waals surface area contributed by atoms with Crippen molar-refractivity contribution in [2.45, 2.75) is 77.1 Å². The lowest BCUT2D eigenvalue weighted by Crippen LogP contribution is -2.48. The smallest absolute Gasteiger partial charge is 0.405 e. The lowest BCUT2D eigenvalue weighted by Gasteiger charge is -2.34. The van der Waals surface area contributed by atoms with E-state index in [0.717, 1.165) is 58.2 Å². The molecule has 42 heavy (non-hydrogen) atoms. The Morgan fingerprint density at radius 1 is 0.905 bits per heavy atom. The van der Waals surface area contributed by atoms with E-state index in [0.29, 0.717) is 48.3 Å². The Morgan fingerprint density at radius 3 is 2.26 bits per heavy atom. The summed E-state index contributed by atoms with van der Waals surface area (Å²) in [5.74, 6) is -0.597. The molecular formula is C33H42F3N3O3. The highest BCUT2D eigenvalue weighted by Crippen LogP contribution is 2.36. The molecule has 0 aromatic heterocycles. The number of amides is 2. The van der Waals surface area contributed by atoms with Crippen LogP contribution >= 0.6 is 0 Å². The summed E-state index contributed by atoms with van der Waals surface area (Å²) in [4.78, 5) is 32.5. The van der Waals surface area contributed by atoms with Crippen LogP contribution in [0.2, 0.25) is 0 Å². The second kappa shape index (κ2) is 13.5. The maximum absolute atomic E-state index is 13.4. The second-order valence-corrected chi connectivity index (χ2v) is 11.9. The number of piperazine rings is 1. The summed E-state index contributed by atoms with van der Waals surface area (Å²) in [6.45, 7) is 7.00.